The van der Waals surface area contributed by atoms with Crippen LogP contribution in [0.5, 0.6) is 0 Å². The quantitative estimate of drug-likeness (QED) is 0.641. The summed E-state index contributed by atoms with van der Waals surface area (Å²) in [5, 5.41) is 5.30. The second-order valence-electron chi connectivity index (χ2n) is 7.67. The number of likely N-dealkylation sites (tertiary alicyclic amines) is 2. The summed E-state index contributed by atoms with van der Waals surface area (Å²) in [6, 6.07) is 0.343. The van der Waals surface area contributed by atoms with E-state index in [-0.39, 0.29) is 5.91 Å². The number of nitrogens with zero attached hydrogens (tertiary/aromatic N) is 5. The molecule has 28 heavy (non-hydrogen) atoms. The summed E-state index contributed by atoms with van der Waals surface area (Å²) in [6.07, 6.45) is 10.9. The van der Waals surface area contributed by atoms with E-state index in [1.165, 1.54) is 24.3 Å². The molecule has 0 saturated carbocycles. The van der Waals surface area contributed by atoms with Crippen LogP contribution in [0.1, 0.15) is 65.8 Å². The van der Waals surface area contributed by atoms with Crippen molar-refractivity contribution in [3.63, 3.8) is 0 Å². The standard InChI is InChI=1S/C20H25N5OS2/c26-19(23-8-3-1-4-9-23)17-16(25-11-13-28-20(25)22-17)14-24-10-5-2-6-15(24)18-21-7-12-27-18/h7,11-13,15H,1-6,8-10,14H2/t15-/m1/s1. The predicted octanol–water partition coefficient (Wildman–Crippen LogP) is 4.21. The maximum Gasteiger partial charge on any atom is 0.274 e. The Morgan fingerprint density at radius 1 is 1.07 bits per heavy atom. The van der Waals surface area contributed by atoms with E-state index >= 15 is 0 Å². The van der Waals surface area contributed by atoms with E-state index in [1.807, 2.05) is 11.1 Å². The number of amides is 1. The zero-order valence-corrected chi connectivity index (χ0v) is 17.6. The molecule has 0 bridgehead atoms. The number of hydrogen-bond acceptors (Lipinski definition) is 6. The molecule has 5 heterocycles. The number of piperidine rings is 2. The summed E-state index contributed by atoms with van der Waals surface area (Å²) in [6.45, 7) is 3.50. The molecule has 0 aliphatic carbocycles. The maximum absolute atomic E-state index is 13.3. The van der Waals surface area contributed by atoms with Gasteiger partial charge < -0.3 is 4.90 Å². The van der Waals surface area contributed by atoms with Crippen LogP contribution >= 0.6 is 22.7 Å². The van der Waals surface area contributed by atoms with E-state index in [4.69, 9.17) is 4.98 Å². The first-order valence-corrected chi connectivity index (χ1v) is 11.9. The molecule has 0 spiro atoms. The minimum absolute atomic E-state index is 0.105. The van der Waals surface area contributed by atoms with E-state index in [1.54, 1.807) is 22.7 Å². The van der Waals surface area contributed by atoms with E-state index in [0.717, 1.165) is 56.1 Å². The molecule has 2 fully saturated rings. The van der Waals surface area contributed by atoms with Gasteiger partial charge in [0.2, 0.25) is 0 Å². The van der Waals surface area contributed by atoms with Crippen molar-refractivity contribution in [1.82, 2.24) is 24.2 Å². The van der Waals surface area contributed by atoms with Crippen molar-refractivity contribution in [3.8, 4) is 0 Å². The van der Waals surface area contributed by atoms with Crippen molar-refractivity contribution in [3.05, 3.63) is 39.5 Å². The van der Waals surface area contributed by atoms with Gasteiger partial charge in [-0.1, -0.05) is 6.42 Å². The Kier molecular flexibility index (Phi) is 5.17. The number of hydrogen-bond donors (Lipinski definition) is 0. The van der Waals surface area contributed by atoms with E-state index in [2.05, 4.69) is 31.2 Å². The van der Waals surface area contributed by atoms with Crippen LogP contribution in [0.3, 0.4) is 0 Å². The highest BCUT2D eigenvalue weighted by Gasteiger charge is 2.31. The van der Waals surface area contributed by atoms with Crippen molar-refractivity contribution >= 4 is 33.5 Å². The van der Waals surface area contributed by atoms with Crippen LogP contribution < -0.4 is 0 Å². The van der Waals surface area contributed by atoms with Crippen molar-refractivity contribution in [2.75, 3.05) is 19.6 Å². The molecule has 3 aromatic rings. The summed E-state index contributed by atoms with van der Waals surface area (Å²) in [5.41, 5.74) is 1.69. The Bertz CT molecular complexity index is 941. The van der Waals surface area contributed by atoms with E-state index in [9.17, 15) is 4.79 Å². The zero-order valence-electron chi connectivity index (χ0n) is 15.9. The molecular weight excluding hydrogens is 390 g/mol. The summed E-state index contributed by atoms with van der Waals surface area (Å²) >= 11 is 3.34. The lowest BCUT2D eigenvalue weighted by molar-refractivity contribution is 0.0714. The van der Waals surface area contributed by atoms with Crippen LogP contribution in [0.25, 0.3) is 4.96 Å². The van der Waals surface area contributed by atoms with Crippen LogP contribution in [0.2, 0.25) is 0 Å². The van der Waals surface area contributed by atoms with Gasteiger partial charge in [-0.25, -0.2) is 9.97 Å². The Hall–Kier alpha value is -1.77. The van der Waals surface area contributed by atoms with Crippen LogP contribution in [0.4, 0.5) is 0 Å². The Morgan fingerprint density at radius 3 is 2.75 bits per heavy atom. The topological polar surface area (TPSA) is 53.7 Å². The lowest BCUT2D eigenvalue weighted by Gasteiger charge is -2.34. The lowest BCUT2D eigenvalue weighted by atomic mass is 10.0. The number of aromatic nitrogens is 3. The van der Waals surface area contributed by atoms with Crippen LogP contribution in [0, 0.1) is 0 Å². The molecule has 0 radical (unpaired) electrons. The molecule has 2 aliphatic rings. The minimum Gasteiger partial charge on any atom is -0.337 e. The molecule has 2 aliphatic heterocycles. The molecule has 8 heteroatoms. The first kappa shape index (κ1) is 18.3. The molecule has 1 atom stereocenters. The van der Waals surface area contributed by atoms with Crippen molar-refractivity contribution in [2.45, 2.75) is 51.1 Å². The summed E-state index contributed by atoms with van der Waals surface area (Å²) in [7, 11) is 0. The van der Waals surface area contributed by atoms with Gasteiger partial charge in [-0.15, -0.1) is 22.7 Å². The molecule has 0 unspecified atom stereocenters. The van der Waals surface area contributed by atoms with Gasteiger partial charge in [0.05, 0.1) is 11.7 Å². The van der Waals surface area contributed by atoms with Gasteiger partial charge in [0.15, 0.2) is 10.7 Å². The van der Waals surface area contributed by atoms with Crippen LogP contribution in [0.15, 0.2) is 23.2 Å². The summed E-state index contributed by atoms with van der Waals surface area (Å²) in [4.78, 5) is 28.0. The number of imidazole rings is 1. The Balaban J connectivity index is 1.47. The fraction of sp³-hybridized carbons (Fsp3) is 0.550. The first-order chi connectivity index (χ1) is 13.8. The smallest absolute Gasteiger partial charge is 0.274 e. The molecule has 5 rings (SSSR count). The molecule has 0 N–H and O–H groups in total. The average Bonchev–Trinajstić information content (AvgIpc) is 3.48. The van der Waals surface area contributed by atoms with Gasteiger partial charge >= 0.3 is 0 Å². The normalized spacial score (nSPS) is 21.4. The molecule has 148 valence electrons. The largest absolute Gasteiger partial charge is 0.337 e. The second-order valence-corrected chi connectivity index (χ2v) is 9.47. The predicted molar refractivity (Wildman–Crippen MR) is 112 cm³/mol. The minimum atomic E-state index is 0.105. The van der Waals surface area contributed by atoms with Gasteiger partial charge in [-0.3, -0.25) is 14.1 Å². The number of rotatable bonds is 4. The fourth-order valence-corrected chi connectivity index (χ4v) is 5.99. The van der Waals surface area contributed by atoms with E-state index < -0.39 is 0 Å². The average molecular weight is 416 g/mol. The number of fused-ring (bicyclic) bond motifs is 1. The van der Waals surface area contributed by atoms with Crippen molar-refractivity contribution in [2.24, 2.45) is 0 Å². The zero-order chi connectivity index (χ0) is 18.9. The molecule has 0 aromatic carbocycles. The molecule has 1 amide bonds. The van der Waals surface area contributed by atoms with E-state index in [0.29, 0.717) is 11.7 Å². The third-order valence-electron chi connectivity index (χ3n) is 5.91. The number of carbonyl (C=O) groups excluding carboxylic acids is 1. The third kappa shape index (κ3) is 3.38. The SMILES string of the molecule is O=C(c1nc2sccn2c1CN1CCCC[C@@H]1c1nccs1)N1CCCCC1. The van der Waals surface area contributed by atoms with Crippen LogP contribution in [-0.4, -0.2) is 49.7 Å². The highest BCUT2D eigenvalue weighted by Crippen LogP contribution is 2.34. The second kappa shape index (κ2) is 7.93. The van der Waals surface area contributed by atoms with Crippen molar-refractivity contribution < 1.29 is 4.79 Å². The molecule has 3 aromatic heterocycles. The summed E-state index contributed by atoms with van der Waals surface area (Å²) < 4.78 is 2.12. The Labute approximate surface area is 172 Å². The maximum atomic E-state index is 13.3. The van der Waals surface area contributed by atoms with Gasteiger partial charge in [-0.2, -0.15) is 0 Å². The third-order valence-corrected chi connectivity index (χ3v) is 7.54. The van der Waals surface area contributed by atoms with Gasteiger partial charge in [-0.05, 0) is 38.6 Å². The monoisotopic (exact) mass is 415 g/mol. The highest BCUT2D eigenvalue weighted by atomic mass is 32.1. The summed E-state index contributed by atoms with van der Waals surface area (Å²) in [5.74, 6) is 0.105. The first-order valence-electron chi connectivity index (χ1n) is 10.2. The van der Waals surface area contributed by atoms with Crippen molar-refractivity contribution in [1.29, 1.82) is 0 Å². The Morgan fingerprint density at radius 2 is 1.93 bits per heavy atom. The fourth-order valence-electron chi connectivity index (χ4n) is 4.45. The molecule has 2 saturated heterocycles. The van der Waals surface area contributed by atoms with Gasteiger partial charge in [0, 0.05) is 42.8 Å². The molecule has 6 nitrogen and oxygen atoms in total. The van der Waals surface area contributed by atoms with Crippen LogP contribution in [-0.2, 0) is 6.54 Å². The number of carbonyl (C=O) groups is 1. The highest BCUT2D eigenvalue weighted by molar-refractivity contribution is 7.15. The lowest BCUT2D eigenvalue weighted by Crippen LogP contribution is -2.37. The van der Waals surface area contributed by atoms with Gasteiger partial charge in [0.1, 0.15) is 5.01 Å². The number of thiazole rings is 2. The van der Waals surface area contributed by atoms with Gasteiger partial charge in [0.25, 0.3) is 5.91 Å². The molecular formula is C20H25N5OS2.